The summed E-state index contributed by atoms with van der Waals surface area (Å²) in [7, 11) is 0. The number of hydrogen-bond acceptors (Lipinski definition) is 5. The molecule has 1 N–H and O–H groups in total. The maximum Gasteiger partial charge on any atom is 0.244 e. The molecule has 7 heteroatoms. The van der Waals surface area contributed by atoms with E-state index in [2.05, 4.69) is 20.2 Å². The molecule has 1 aliphatic rings. The van der Waals surface area contributed by atoms with E-state index in [-0.39, 0.29) is 17.8 Å². The van der Waals surface area contributed by atoms with Crippen LogP contribution in [0.5, 0.6) is 0 Å². The van der Waals surface area contributed by atoms with Gasteiger partial charge in [0.1, 0.15) is 5.82 Å². The molecule has 0 bridgehead atoms. The van der Waals surface area contributed by atoms with E-state index in [1.54, 1.807) is 48.0 Å². The number of hydrogen-bond donors (Lipinski definition) is 1. The van der Waals surface area contributed by atoms with Gasteiger partial charge in [0.15, 0.2) is 0 Å². The lowest BCUT2D eigenvalue weighted by atomic mass is 10.1. The lowest BCUT2D eigenvalue weighted by Gasteiger charge is -2.32. The highest BCUT2D eigenvalue weighted by Crippen LogP contribution is 2.29. The van der Waals surface area contributed by atoms with Crippen molar-refractivity contribution in [3.8, 4) is 10.4 Å². The van der Waals surface area contributed by atoms with Crippen LogP contribution < -0.4 is 10.2 Å². The van der Waals surface area contributed by atoms with E-state index in [1.165, 1.54) is 12.1 Å². The molecule has 1 amide bonds. The highest BCUT2D eigenvalue weighted by atomic mass is 32.1. The molecule has 0 spiro atoms. The van der Waals surface area contributed by atoms with Crippen LogP contribution in [-0.4, -0.2) is 35.0 Å². The predicted molar refractivity (Wildman–Crippen MR) is 114 cm³/mol. The lowest BCUT2D eigenvalue weighted by Crippen LogP contribution is -2.44. The van der Waals surface area contributed by atoms with Gasteiger partial charge in [0.25, 0.3) is 0 Å². The fourth-order valence-corrected chi connectivity index (χ4v) is 4.21. The van der Waals surface area contributed by atoms with Crippen LogP contribution in [0.4, 0.5) is 10.3 Å². The number of halogens is 1. The lowest BCUT2D eigenvalue weighted by molar-refractivity contribution is -0.117. The Kier molecular flexibility index (Phi) is 5.95. The molecule has 2 aromatic heterocycles. The third-order valence-electron chi connectivity index (χ3n) is 4.83. The van der Waals surface area contributed by atoms with Crippen LogP contribution in [0, 0.1) is 5.82 Å². The van der Waals surface area contributed by atoms with Crippen molar-refractivity contribution in [2.24, 2.45) is 0 Å². The third kappa shape index (κ3) is 5.06. The summed E-state index contributed by atoms with van der Waals surface area (Å²) in [5.74, 6) is 0.409. The topological polar surface area (TPSA) is 58.1 Å². The zero-order valence-corrected chi connectivity index (χ0v) is 16.6. The first-order valence-corrected chi connectivity index (χ1v) is 10.4. The molecule has 1 aliphatic heterocycles. The van der Waals surface area contributed by atoms with E-state index < -0.39 is 0 Å². The van der Waals surface area contributed by atoms with Crippen molar-refractivity contribution in [3.05, 3.63) is 71.6 Å². The monoisotopic (exact) mass is 408 g/mol. The molecular formula is C22H21FN4OS. The molecule has 3 aromatic rings. The number of thiophene rings is 1. The molecule has 0 unspecified atom stereocenters. The van der Waals surface area contributed by atoms with Gasteiger partial charge in [-0.15, -0.1) is 11.3 Å². The number of nitrogens with one attached hydrogen (secondary N) is 1. The molecule has 1 fully saturated rings. The summed E-state index contributed by atoms with van der Waals surface area (Å²) in [6.07, 6.45) is 8.62. The molecule has 0 radical (unpaired) electrons. The van der Waals surface area contributed by atoms with Crippen LogP contribution in [0.25, 0.3) is 16.5 Å². The van der Waals surface area contributed by atoms with Crippen LogP contribution in [0.2, 0.25) is 0 Å². The van der Waals surface area contributed by atoms with Crippen molar-refractivity contribution in [3.63, 3.8) is 0 Å². The van der Waals surface area contributed by atoms with Crippen LogP contribution >= 0.6 is 11.3 Å². The number of amides is 1. The molecule has 0 atom stereocenters. The van der Waals surface area contributed by atoms with Gasteiger partial charge in [0, 0.05) is 47.4 Å². The molecule has 1 saturated heterocycles. The molecule has 4 rings (SSSR count). The highest BCUT2D eigenvalue weighted by molar-refractivity contribution is 7.16. The van der Waals surface area contributed by atoms with Crippen molar-refractivity contribution < 1.29 is 9.18 Å². The van der Waals surface area contributed by atoms with E-state index in [0.717, 1.165) is 47.2 Å². The molecule has 3 heterocycles. The van der Waals surface area contributed by atoms with Crippen molar-refractivity contribution in [1.82, 2.24) is 15.3 Å². The Labute approximate surface area is 172 Å². The van der Waals surface area contributed by atoms with E-state index in [0.29, 0.717) is 0 Å². The normalized spacial score (nSPS) is 15.0. The largest absolute Gasteiger partial charge is 0.350 e. The van der Waals surface area contributed by atoms with Gasteiger partial charge < -0.3 is 10.2 Å². The summed E-state index contributed by atoms with van der Waals surface area (Å²) in [5, 5.41) is 3.08. The van der Waals surface area contributed by atoms with Crippen molar-refractivity contribution in [2.75, 3.05) is 18.0 Å². The minimum absolute atomic E-state index is 0.0869. The van der Waals surface area contributed by atoms with Crippen molar-refractivity contribution in [1.29, 1.82) is 0 Å². The number of nitrogens with zero attached hydrogens (tertiary/aromatic N) is 3. The number of anilines is 1. The van der Waals surface area contributed by atoms with Crippen LogP contribution in [0.3, 0.4) is 0 Å². The maximum atomic E-state index is 13.1. The summed E-state index contributed by atoms with van der Waals surface area (Å²) < 4.78 is 13.1. The van der Waals surface area contributed by atoms with Crippen LogP contribution in [0.15, 0.2) is 60.9 Å². The van der Waals surface area contributed by atoms with Gasteiger partial charge in [-0.25, -0.2) is 14.4 Å². The number of aromatic nitrogens is 2. The number of carbonyl (C=O) groups is 1. The standard InChI is InChI=1S/C22H21FN4OS/c23-17-4-2-16(3-5-17)20-8-6-19(29-20)7-9-21(28)26-18-10-14-27(15-11-18)22-24-12-1-13-25-22/h1-9,12-13,18H,10-11,14-15H2,(H,26,28). The van der Waals surface area contributed by atoms with Gasteiger partial charge in [-0.1, -0.05) is 12.1 Å². The maximum absolute atomic E-state index is 13.1. The Bertz CT molecular complexity index is 980. The summed E-state index contributed by atoms with van der Waals surface area (Å²) in [4.78, 5) is 25.0. The first-order chi connectivity index (χ1) is 14.2. The average Bonchev–Trinajstić information content (AvgIpc) is 3.23. The molecule has 29 heavy (non-hydrogen) atoms. The Morgan fingerprint density at radius 3 is 2.55 bits per heavy atom. The van der Waals surface area contributed by atoms with E-state index >= 15 is 0 Å². The molecule has 5 nitrogen and oxygen atoms in total. The number of rotatable bonds is 5. The SMILES string of the molecule is O=C(C=Cc1ccc(-c2ccc(F)cc2)s1)NC1CCN(c2ncccn2)CC1. The minimum atomic E-state index is -0.246. The zero-order valence-electron chi connectivity index (χ0n) is 15.8. The molecule has 0 aliphatic carbocycles. The molecule has 1 aromatic carbocycles. The third-order valence-corrected chi connectivity index (χ3v) is 5.93. The molecule has 0 saturated carbocycles. The minimum Gasteiger partial charge on any atom is -0.350 e. The highest BCUT2D eigenvalue weighted by Gasteiger charge is 2.21. The van der Waals surface area contributed by atoms with E-state index in [1.807, 2.05) is 18.2 Å². The van der Waals surface area contributed by atoms with Crippen LogP contribution in [0.1, 0.15) is 17.7 Å². The second kappa shape index (κ2) is 8.96. The smallest absolute Gasteiger partial charge is 0.244 e. The van der Waals surface area contributed by atoms with Gasteiger partial charge in [-0.2, -0.15) is 0 Å². The number of piperidine rings is 1. The first-order valence-electron chi connectivity index (χ1n) is 9.54. The van der Waals surface area contributed by atoms with E-state index in [9.17, 15) is 9.18 Å². The van der Waals surface area contributed by atoms with Gasteiger partial charge >= 0.3 is 0 Å². The van der Waals surface area contributed by atoms with Crippen molar-refractivity contribution in [2.45, 2.75) is 18.9 Å². The summed E-state index contributed by atoms with van der Waals surface area (Å²) in [6, 6.07) is 12.3. The molecule has 148 valence electrons. The van der Waals surface area contributed by atoms with Gasteiger partial charge in [-0.3, -0.25) is 4.79 Å². The fraction of sp³-hybridized carbons (Fsp3) is 0.227. The van der Waals surface area contributed by atoms with E-state index in [4.69, 9.17) is 0 Å². The Hall–Kier alpha value is -3.06. The predicted octanol–water partition coefficient (Wildman–Crippen LogP) is 4.14. The van der Waals surface area contributed by atoms with Gasteiger partial charge in [-0.05, 0) is 54.8 Å². The summed E-state index contributed by atoms with van der Waals surface area (Å²) >= 11 is 1.57. The number of benzene rings is 1. The summed E-state index contributed by atoms with van der Waals surface area (Å²) in [5.41, 5.74) is 0.967. The fourth-order valence-electron chi connectivity index (χ4n) is 3.30. The average molecular weight is 409 g/mol. The quantitative estimate of drug-likeness (QED) is 0.645. The van der Waals surface area contributed by atoms with Gasteiger partial charge in [0.05, 0.1) is 0 Å². The number of carbonyl (C=O) groups excluding carboxylic acids is 1. The Balaban J connectivity index is 1.28. The summed E-state index contributed by atoms with van der Waals surface area (Å²) in [6.45, 7) is 1.65. The Morgan fingerprint density at radius 2 is 1.83 bits per heavy atom. The first kappa shape index (κ1) is 19.3. The Morgan fingerprint density at radius 1 is 1.10 bits per heavy atom. The second-order valence-electron chi connectivity index (χ2n) is 6.86. The van der Waals surface area contributed by atoms with Crippen LogP contribution in [-0.2, 0) is 4.79 Å². The molecular weight excluding hydrogens is 387 g/mol. The van der Waals surface area contributed by atoms with Gasteiger partial charge in [0.2, 0.25) is 11.9 Å². The second-order valence-corrected chi connectivity index (χ2v) is 7.98. The van der Waals surface area contributed by atoms with Crippen molar-refractivity contribution >= 4 is 29.3 Å². The zero-order chi connectivity index (χ0) is 20.1.